The second-order valence-electron chi connectivity index (χ2n) is 5.27. The Balaban J connectivity index is 1.87. The zero-order chi connectivity index (χ0) is 18.9. The molecule has 0 bridgehead atoms. The fourth-order valence-corrected chi connectivity index (χ4v) is 3.19. The number of carbonyl (C=O) groups excluding carboxylic acids is 1. The van der Waals surface area contributed by atoms with Crippen LogP contribution in [0.25, 0.3) is 0 Å². The number of thioether (sulfide) groups is 1. The van der Waals surface area contributed by atoms with Crippen LogP contribution in [0.1, 0.15) is 13.8 Å². The molecule has 26 heavy (non-hydrogen) atoms. The molecule has 0 N–H and O–H groups in total. The van der Waals surface area contributed by atoms with Gasteiger partial charge < -0.3 is 14.2 Å². The lowest BCUT2D eigenvalue weighted by molar-refractivity contribution is -0.150. The molecule has 2 rings (SSSR count). The van der Waals surface area contributed by atoms with Gasteiger partial charge in [-0.3, -0.25) is 0 Å². The summed E-state index contributed by atoms with van der Waals surface area (Å²) in [6, 6.07) is 12.4. The molecule has 0 radical (unpaired) electrons. The Morgan fingerprint density at radius 1 is 1.19 bits per heavy atom. The molecule has 140 valence electrons. The zero-order valence-corrected chi connectivity index (χ0v) is 17.7. The van der Waals surface area contributed by atoms with Gasteiger partial charge in [0.05, 0.1) is 5.02 Å². The van der Waals surface area contributed by atoms with Crippen LogP contribution in [-0.2, 0) is 9.53 Å². The second kappa shape index (κ2) is 10.7. The lowest BCUT2D eigenvalue weighted by Gasteiger charge is -2.14. The Hall–Kier alpha value is -1.37. The summed E-state index contributed by atoms with van der Waals surface area (Å²) >= 11 is 11.2. The molecule has 0 aliphatic rings. The number of hydrogen-bond donors (Lipinski definition) is 0. The highest BCUT2D eigenvalue weighted by Gasteiger charge is 2.16. The number of hydrogen-bond acceptors (Lipinski definition) is 5. The minimum atomic E-state index is -0.672. The smallest absolute Gasteiger partial charge is 0.347 e. The van der Waals surface area contributed by atoms with Gasteiger partial charge in [-0.2, -0.15) is 11.8 Å². The molecule has 0 fully saturated rings. The van der Waals surface area contributed by atoms with E-state index >= 15 is 0 Å². The van der Waals surface area contributed by atoms with Crippen LogP contribution >= 0.6 is 39.3 Å². The van der Waals surface area contributed by atoms with Crippen LogP contribution < -0.4 is 9.47 Å². The summed E-state index contributed by atoms with van der Waals surface area (Å²) in [7, 11) is 0. The van der Waals surface area contributed by atoms with Crippen molar-refractivity contribution in [3.05, 3.63) is 52.0 Å². The molecule has 0 aliphatic carbocycles. The van der Waals surface area contributed by atoms with Gasteiger partial charge in [0.2, 0.25) is 0 Å². The number of carbonyl (C=O) groups is 1. The van der Waals surface area contributed by atoms with E-state index in [-0.39, 0.29) is 5.97 Å². The van der Waals surface area contributed by atoms with E-state index in [1.165, 1.54) is 0 Å². The third-order valence-corrected chi connectivity index (χ3v) is 4.92. The molecular formula is C19H20BrClO4S. The van der Waals surface area contributed by atoms with Gasteiger partial charge in [-0.15, -0.1) is 0 Å². The molecule has 2 aromatic carbocycles. The van der Waals surface area contributed by atoms with Crippen molar-refractivity contribution in [3.8, 4) is 17.2 Å². The molecule has 2 aromatic rings. The number of halogens is 2. The number of ether oxygens (including phenoxy) is 3. The average Bonchev–Trinajstić information content (AvgIpc) is 2.62. The fourth-order valence-electron chi connectivity index (χ4n) is 1.99. The van der Waals surface area contributed by atoms with E-state index in [9.17, 15) is 4.79 Å². The standard InChI is InChI=1S/C19H20BrClO4S/c1-3-26-11-10-23-19(22)13(2)24-15-5-7-16(8-6-15)25-18-9-4-14(20)12-17(18)21/h4-9,12-13H,3,10-11H2,1-2H3/t13-/m1/s1. The van der Waals surface area contributed by atoms with E-state index in [1.807, 2.05) is 6.07 Å². The van der Waals surface area contributed by atoms with Gasteiger partial charge in [0.25, 0.3) is 0 Å². The molecule has 0 amide bonds. The summed E-state index contributed by atoms with van der Waals surface area (Å²) in [4.78, 5) is 11.9. The Kier molecular flexibility index (Phi) is 8.62. The lowest BCUT2D eigenvalue weighted by atomic mass is 10.3. The molecule has 0 saturated heterocycles. The third kappa shape index (κ3) is 6.74. The van der Waals surface area contributed by atoms with Gasteiger partial charge in [-0.1, -0.05) is 34.5 Å². The number of esters is 1. The molecule has 0 saturated carbocycles. The van der Waals surface area contributed by atoms with E-state index in [0.717, 1.165) is 16.0 Å². The van der Waals surface area contributed by atoms with Crippen molar-refractivity contribution < 1.29 is 19.0 Å². The van der Waals surface area contributed by atoms with Crippen LogP contribution in [0, 0.1) is 0 Å². The molecule has 0 aromatic heterocycles. The topological polar surface area (TPSA) is 44.8 Å². The fraction of sp³-hybridized carbons (Fsp3) is 0.316. The van der Waals surface area contributed by atoms with E-state index in [1.54, 1.807) is 55.1 Å². The van der Waals surface area contributed by atoms with Crippen LogP contribution in [0.4, 0.5) is 0 Å². The van der Waals surface area contributed by atoms with Crippen molar-refractivity contribution in [1.29, 1.82) is 0 Å². The molecule has 0 unspecified atom stereocenters. The normalized spacial score (nSPS) is 11.7. The number of benzene rings is 2. The van der Waals surface area contributed by atoms with Crippen molar-refractivity contribution in [3.63, 3.8) is 0 Å². The Morgan fingerprint density at radius 2 is 1.88 bits per heavy atom. The summed E-state index contributed by atoms with van der Waals surface area (Å²) in [6.45, 7) is 4.13. The molecular weight excluding hydrogens is 440 g/mol. The summed E-state index contributed by atoms with van der Waals surface area (Å²) < 4.78 is 17.4. The van der Waals surface area contributed by atoms with Crippen LogP contribution in [0.15, 0.2) is 46.9 Å². The molecule has 0 aliphatic heterocycles. The van der Waals surface area contributed by atoms with Crippen molar-refractivity contribution in [2.45, 2.75) is 20.0 Å². The first kappa shape index (κ1) is 20.9. The maximum absolute atomic E-state index is 11.9. The third-order valence-electron chi connectivity index (χ3n) is 3.27. The maximum atomic E-state index is 11.9. The molecule has 4 nitrogen and oxygen atoms in total. The first-order chi connectivity index (χ1) is 12.5. The van der Waals surface area contributed by atoms with Crippen LogP contribution in [0.3, 0.4) is 0 Å². The minimum absolute atomic E-state index is 0.372. The van der Waals surface area contributed by atoms with Crippen LogP contribution in [-0.4, -0.2) is 30.2 Å². The predicted octanol–water partition coefficient (Wildman–Crippen LogP) is 5.96. The van der Waals surface area contributed by atoms with Crippen LogP contribution in [0.2, 0.25) is 5.02 Å². The van der Waals surface area contributed by atoms with Gasteiger partial charge in [0.15, 0.2) is 6.10 Å². The maximum Gasteiger partial charge on any atom is 0.347 e. The van der Waals surface area contributed by atoms with Crippen LogP contribution in [0.5, 0.6) is 17.2 Å². The highest BCUT2D eigenvalue weighted by atomic mass is 79.9. The summed E-state index contributed by atoms with van der Waals surface area (Å²) in [5.41, 5.74) is 0. The quantitative estimate of drug-likeness (QED) is 0.342. The van der Waals surface area contributed by atoms with Gasteiger partial charge in [0, 0.05) is 10.2 Å². The lowest BCUT2D eigenvalue weighted by Crippen LogP contribution is -2.26. The van der Waals surface area contributed by atoms with Gasteiger partial charge in [-0.25, -0.2) is 4.79 Å². The largest absolute Gasteiger partial charge is 0.479 e. The molecule has 1 atom stereocenters. The second-order valence-corrected chi connectivity index (χ2v) is 7.99. The predicted molar refractivity (Wildman–Crippen MR) is 110 cm³/mol. The van der Waals surface area contributed by atoms with Gasteiger partial charge in [0.1, 0.15) is 23.9 Å². The van der Waals surface area contributed by atoms with E-state index in [2.05, 4.69) is 22.9 Å². The van der Waals surface area contributed by atoms with Crippen molar-refractivity contribution >= 4 is 45.3 Å². The van der Waals surface area contributed by atoms with Crippen molar-refractivity contribution in [2.24, 2.45) is 0 Å². The first-order valence-corrected chi connectivity index (χ1v) is 10.5. The van der Waals surface area contributed by atoms with E-state index in [4.69, 9.17) is 25.8 Å². The summed E-state index contributed by atoms with van der Waals surface area (Å²) in [5, 5.41) is 0.511. The average molecular weight is 460 g/mol. The summed E-state index contributed by atoms with van der Waals surface area (Å²) in [6.07, 6.45) is -0.672. The van der Waals surface area contributed by atoms with E-state index in [0.29, 0.717) is 28.9 Å². The first-order valence-electron chi connectivity index (χ1n) is 8.13. The Labute approximate surface area is 171 Å². The highest BCUT2D eigenvalue weighted by molar-refractivity contribution is 9.10. The summed E-state index contributed by atoms with van der Waals surface area (Å²) in [5.74, 6) is 3.16. The molecule has 0 heterocycles. The Bertz CT molecular complexity index is 724. The van der Waals surface area contributed by atoms with Gasteiger partial charge in [-0.05, 0) is 55.1 Å². The molecule has 7 heteroatoms. The van der Waals surface area contributed by atoms with Gasteiger partial charge >= 0.3 is 5.97 Å². The van der Waals surface area contributed by atoms with Crippen molar-refractivity contribution in [1.82, 2.24) is 0 Å². The number of rotatable bonds is 9. The minimum Gasteiger partial charge on any atom is -0.479 e. The zero-order valence-electron chi connectivity index (χ0n) is 14.5. The highest BCUT2D eigenvalue weighted by Crippen LogP contribution is 2.32. The van der Waals surface area contributed by atoms with Crippen molar-refractivity contribution in [2.75, 3.05) is 18.1 Å². The monoisotopic (exact) mass is 458 g/mol. The molecule has 0 spiro atoms. The SMILES string of the molecule is CCSCCOC(=O)[C@@H](C)Oc1ccc(Oc2ccc(Br)cc2Cl)cc1. The van der Waals surface area contributed by atoms with E-state index < -0.39 is 6.10 Å². The Morgan fingerprint density at radius 3 is 2.54 bits per heavy atom.